The average Bonchev–Trinajstić information content (AvgIpc) is 3.26. The van der Waals surface area contributed by atoms with Crippen LogP contribution in [0.25, 0.3) is 16.8 Å². The molecule has 0 amide bonds. The van der Waals surface area contributed by atoms with Crippen LogP contribution in [0.4, 0.5) is 0 Å². The van der Waals surface area contributed by atoms with Crippen LogP contribution in [-0.4, -0.2) is 31.5 Å². The summed E-state index contributed by atoms with van der Waals surface area (Å²) in [5.74, 6) is 0.0423. The number of methoxy groups -OCH3 is 1. The van der Waals surface area contributed by atoms with Gasteiger partial charge in [-0.25, -0.2) is 9.50 Å². The Labute approximate surface area is 162 Å². The lowest BCUT2D eigenvalue weighted by molar-refractivity contribution is 0.181. The second-order valence-corrected chi connectivity index (χ2v) is 7.00. The van der Waals surface area contributed by atoms with Crippen LogP contribution < -0.4 is 5.56 Å². The summed E-state index contributed by atoms with van der Waals surface area (Å²) >= 11 is 0. The molecule has 7 heteroatoms. The zero-order chi connectivity index (χ0) is 19.7. The number of hydrogen-bond acceptors (Lipinski definition) is 4. The molecule has 3 aromatic heterocycles. The minimum absolute atomic E-state index is 0.0423. The molecule has 0 aliphatic rings. The van der Waals surface area contributed by atoms with Crippen LogP contribution >= 0.6 is 0 Å². The van der Waals surface area contributed by atoms with Gasteiger partial charge in [0.2, 0.25) is 0 Å². The van der Waals surface area contributed by atoms with Gasteiger partial charge in [-0.3, -0.25) is 14.6 Å². The van der Waals surface area contributed by atoms with Crippen molar-refractivity contribution in [1.29, 1.82) is 0 Å². The number of nitrogens with one attached hydrogen (secondary N) is 1. The summed E-state index contributed by atoms with van der Waals surface area (Å²) in [6, 6.07) is 13.5. The SMILES string of the molecule is COCc1[nH]n2c(=O)cc(C(C)Cn3nccc3C)nc2c1-c1ccccc1. The fraction of sp³-hybridized carbons (Fsp3) is 0.286. The molecule has 1 N–H and O–H groups in total. The first-order valence-electron chi connectivity index (χ1n) is 9.25. The van der Waals surface area contributed by atoms with Gasteiger partial charge in [0.15, 0.2) is 5.65 Å². The topological polar surface area (TPSA) is 77.2 Å². The molecule has 1 unspecified atom stereocenters. The van der Waals surface area contributed by atoms with E-state index in [0.717, 1.165) is 28.2 Å². The minimum Gasteiger partial charge on any atom is -0.378 e. The van der Waals surface area contributed by atoms with E-state index in [1.54, 1.807) is 19.4 Å². The molecule has 0 fully saturated rings. The summed E-state index contributed by atoms with van der Waals surface area (Å²) in [6.45, 7) is 5.11. The van der Waals surface area contributed by atoms with Gasteiger partial charge in [0.05, 0.1) is 18.0 Å². The fourth-order valence-electron chi connectivity index (χ4n) is 3.45. The number of aromatic nitrogens is 5. The third-order valence-electron chi connectivity index (χ3n) is 4.94. The van der Waals surface area contributed by atoms with Crippen molar-refractivity contribution in [3.8, 4) is 11.1 Å². The van der Waals surface area contributed by atoms with Crippen molar-refractivity contribution < 1.29 is 4.74 Å². The van der Waals surface area contributed by atoms with Crippen molar-refractivity contribution in [1.82, 2.24) is 24.4 Å². The molecule has 0 spiro atoms. The van der Waals surface area contributed by atoms with Gasteiger partial charge in [-0.15, -0.1) is 0 Å². The fourth-order valence-corrected chi connectivity index (χ4v) is 3.45. The lowest BCUT2D eigenvalue weighted by Gasteiger charge is -2.13. The lowest BCUT2D eigenvalue weighted by Crippen LogP contribution is -2.18. The van der Waals surface area contributed by atoms with Crippen molar-refractivity contribution in [3.05, 3.63) is 76.1 Å². The maximum absolute atomic E-state index is 12.8. The Hall–Kier alpha value is -3.19. The van der Waals surface area contributed by atoms with Crippen LogP contribution in [0.5, 0.6) is 0 Å². The molecule has 1 aromatic carbocycles. The van der Waals surface area contributed by atoms with E-state index in [1.165, 1.54) is 4.52 Å². The summed E-state index contributed by atoms with van der Waals surface area (Å²) in [7, 11) is 1.64. The van der Waals surface area contributed by atoms with E-state index >= 15 is 0 Å². The smallest absolute Gasteiger partial charge is 0.272 e. The molecule has 4 aromatic rings. The van der Waals surface area contributed by atoms with Gasteiger partial charge in [-0.1, -0.05) is 37.3 Å². The minimum atomic E-state index is -0.136. The predicted molar refractivity (Wildman–Crippen MR) is 107 cm³/mol. The standard InChI is InChI=1S/C21H23N5O2/c1-14(12-25-15(2)9-10-22-25)17-11-19(27)26-21(23-17)20(18(24-26)13-28-3)16-7-5-4-6-8-16/h4-11,14,24H,12-13H2,1-3H3. The quantitative estimate of drug-likeness (QED) is 0.560. The van der Waals surface area contributed by atoms with Gasteiger partial charge in [0.1, 0.15) is 0 Å². The number of aromatic amines is 1. The Bertz CT molecular complexity index is 1160. The maximum Gasteiger partial charge on any atom is 0.272 e. The van der Waals surface area contributed by atoms with E-state index in [9.17, 15) is 4.79 Å². The van der Waals surface area contributed by atoms with Crippen LogP contribution in [0, 0.1) is 6.92 Å². The largest absolute Gasteiger partial charge is 0.378 e. The molecule has 144 valence electrons. The van der Waals surface area contributed by atoms with Crippen LogP contribution in [0.15, 0.2) is 53.5 Å². The Balaban J connectivity index is 1.85. The summed E-state index contributed by atoms with van der Waals surface area (Å²) in [5, 5.41) is 7.49. The first-order chi connectivity index (χ1) is 13.6. The van der Waals surface area contributed by atoms with Crippen LogP contribution in [0.1, 0.15) is 29.9 Å². The van der Waals surface area contributed by atoms with Gasteiger partial charge in [0, 0.05) is 43.1 Å². The zero-order valence-corrected chi connectivity index (χ0v) is 16.2. The highest BCUT2D eigenvalue weighted by molar-refractivity contribution is 5.79. The molecule has 1 atom stereocenters. The van der Waals surface area contributed by atoms with E-state index in [4.69, 9.17) is 9.72 Å². The highest BCUT2D eigenvalue weighted by Crippen LogP contribution is 2.28. The molecule has 7 nitrogen and oxygen atoms in total. The average molecular weight is 377 g/mol. The predicted octanol–water partition coefficient (Wildman–Crippen LogP) is 3.14. The van der Waals surface area contributed by atoms with Gasteiger partial charge >= 0.3 is 0 Å². The van der Waals surface area contributed by atoms with Gasteiger partial charge in [-0.05, 0) is 18.6 Å². The van der Waals surface area contributed by atoms with E-state index in [1.807, 2.05) is 48.0 Å². The Morgan fingerprint density at radius 3 is 2.68 bits per heavy atom. The summed E-state index contributed by atoms with van der Waals surface area (Å²) in [4.78, 5) is 17.7. The molecule has 0 saturated heterocycles. The highest BCUT2D eigenvalue weighted by atomic mass is 16.5. The Morgan fingerprint density at radius 1 is 1.21 bits per heavy atom. The Morgan fingerprint density at radius 2 is 2.00 bits per heavy atom. The molecule has 4 rings (SSSR count). The van der Waals surface area contributed by atoms with E-state index in [2.05, 4.69) is 17.1 Å². The molecule has 3 heterocycles. The van der Waals surface area contributed by atoms with Crippen molar-refractivity contribution in [2.24, 2.45) is 0 Å². The number of aryl methyl sites for hydroxylation is 1. The lowest BCUT2D eigenvalue weighted by atomic mass is 10.1. The molecular weight excluding hydrogens is 354 g/mol. The van der Waals surface area contributed by atoms with Crippen molar-refractivity contribution >= 4 is 5.65 Å². The van der Waals surface area contributed by atoms with Crippen LogP contribution in [0.3, 0.4) is 0 Å². The van der Waals surface area contributed by atoms with Gasteiger partial charge in [-0.2, -0.15) is 5.10 Å². The monoisotopic (exact) mass is 377 g/mol. The van der Waals surface area contributed by atoms with Gasteiger partial charge in [0.25, 0.3) is 5.56 Å². The number of benzene rings is 1. The van der Waals surface area contributed by atoms with Crippen molar-refractivity contribution in [2.75, 3.05) is 7.11 Å². The maximum atomic E-state index is 12.8. The summed E-state index contributed by atoms with van der Waals surface area (Å²) in [5.41, 5.74) is 5.02. The highest BCUT2D eigenvalue weighted by Gasteiger charge is 2.19. The molecule has 0 aliphatic heterocycles. The van der Waals surface area contributed by atoms with Gasteiger partial charge < -0.3 is 4.74 Å². The second kappa shape index (κ2) is 7.44. The molecule has 0 saturated carbocycles. The molecule has 0 radical (unpaired) electrons. The van der Waals surface area contributed by atoms with Crippen molar-refractivity contribution in [3.63, 3.8) is 0 Å². The third-order valence-corrected chi connectivity index (χ3v) is 4.94. The first-order valence-corrected chi connectivity index (χ1v) is 9.25. The van der Waals surface area contributed by atoms with E-state index < -0.39 is 0 Å². The number of nitrogens with zero attached hydrogens (tertiary/aromatic N) is 4. The van der Waals surface area contributed by atoms with E-state index in [0.29, 0.717) is 18.8 Å². The molecule has 28 heavy (non-hydrogen) atoms. The van der Waals surface area contributed by atoms with Crippen LogP contribution in [0.2, 0.25) is 0 Å². The van der Waals surface area contributed by atoms with Crippen molar-refractivity contribution in [2.45, 2.75) is 32.9 Å². The molecular formula is C21H23N5O2. The third kappa shape index (κ3) is 3.25. The summed E-state index contributed by atoms with van der Waals surface area (Å²) in [6.07, 6.45) is 1.78. The number of hydrogen-bond donors (Lipinski definition) is 1. The normalized spacial score (nSPS) is 12.5. The number of ether oxygens (including phenoxy) is 1. The molecule has 0 aliphatic carbocycles. The first kappa shape index (κ1) is 18.2. The molecule has 0 bridgehead atoms. The number of rotatable bonds is 6. The number of H-pyrrole nitrogens is 1. The second-order valence-electron chi connectivity index (χ2n) is 7.00. The van der Waals surface area contributed by atoms with E-state index in [-0.39, 0.29) is 11.5 Å². The number of fused-ring (bicyclic) bond motifs is 1. The van der Waals surface area contributed by atoms with Crippen LogP contribution in [-0.2, 0) is 17.9 Å². The zero-order valence-electron chi connectivity index (χ0n) is 16.2. The summed E-state index contributed by atoms with van der Waals surface area (Å²) < 4.78 is 8.76. The Kier molecular flexibility index (Phi) is 4.83.